The van der Waals surface area contributed by atoms with Gasteiger partial charge in [0.1, 0.15) is 0 Å². The third-order valence-corrected chi connectivity index (χ3v) is 4.82. The number of ether oxygens (including phenoxy) is 1. The Bertz CT molecular complexity index is 201. The van der Waals surface area contributed by atoms with Crippen LogP contribution in [0, 0.1) is 5.92 Å². The van der Waals surface area contributed by atoms with E-state index in [1.165, 1.54) is 57.8 Å². The smallest absolute Gasteiger partial charge is 0.0693 e. The highest BCUT2D eigenvalue weighted by molar-refractivity contribution is 4.93. The van der Waals surface area contributed by atoms with Gasteiger partial charge in [-0.25, -0.2) is 0 Å². The summed E-state index contributed by atoms with van der Waals surface area (Å²) in [5.74, 6) is 0.978. The summed E-state index contributed by atoms with van der Waals surface area (Å²) in [5, 5.41) is 3.51. The van der Waals surface area contributed by atoms with Crippen LogP contribution in [-0.4, -0.2) is 25.8 Å². The van der Waals surface area contributed by atoms with Gasteiger partial charge in [-0.05, 0) is 45.1 Å². The average molecular weight is 225 g/mol. The van der Waals surface area contributed by atoms with E-state index in [0.29, 0.717) is 6.04 Å². The van der Waals surface area contributed by atoms with Crippen LogP contribution in [0.15, 0.2) is 0 Å². The molecule has 2 nitrogen and oxygen atoms in total. The summed E-state index contributed by atoms with van der Waals surface area (Å²) in [4.78, 5) is 0. The van der Waals surface area contributed by atoms with E-state index in [1.807, 2.05) is 7.11 Å². The van der Waals surface area contributed by atoms with Gasteiger partial charge in [-0.3, -0.25) is 0 Å². The van der Waals surface area contributed by atoms with E-state index in [0.717, 1.165) is 5.92 Å². The Kier molecular flexibility index (Phi) is 4.26. The van der Waals surface area contributed by atoms with Crippen LogP contribution in [0.25, 0.3) is 0 Å². The van der Waals surface area contributed by atoms with Gasteiger partial charge in [0.05, 0.1) is 5.60 Å². The average Bonchev–Trinajstić information content (AvgIpc) is 2.74. The molecular formula is C14H27NO. The molecular weight excluding hydrogens is 198 g/mol. The predicted octanol–water partition coefficient (Wildman–Crippen LogP) is 3.11. The van der Waals surface area contributed by atoms with Crippen molar-refractivity contribution >= 4 is 0 Å². The van der Waals surface area contributed by atoms with Crippen LogP contribution in [0.2, 0.25) is 0 Å². The maximum atomic E-state index is 5.73. The summed E-state index contributed by atoms with van der Waals surface area (Å²) in [5.41, 5.74) is 0.228. The molecule has 0 amide bonds. The summed E-state index contributed by atoms with van der Waals surface area (Å²) in [6, 6.07) is 0.670. The fourth-order valence-corrected chi connectivity index (χ4v) is 3.46. The topological polar surface area (TPSA) is 21.3 Å². The maximum Gasteiger partial charge on any atom is 0.0693 e. The SMILES string of the molecule is CNC(CC1CCCC1)CC1(OC)CCC1. The molecule has 0 aliphatic heterocycles. The maximum absolute atomic E-state index is 5.73. The molecule has 0 spiro atoms. The molecule has 0 saturated heterocycles. The molecule has 2 aliphatic rings. The molecule has 2 rings (SSSR count). The number of rotatable bonds is 6. The highest BCUT2D eigenvalue weighted by Gasteiger charge is 2.39. The third-order valence-electron chi connectivity index (χ3n) is 4.82. The van der Waals surface area contributed by atoms with Gasteiger partial charge < -0.3 is 10.1 Å². The van der Waals surface area contributed by atoms with Crippen molar-refractivity contribution in [3.63, 3.8) is 0 Å². The van der Waals surface area contributed by atoms with Crippen LogP contribution in [-0.2, 0) is 4.74 Å². The summed E-state index contributed by atoms with van der Waals surface area (Å²) >= 11 is 0. The van der Waals surface area contributed by atoms with E-state index in [9.17, 15) is 0 Å². The highest BCUT2D eigenvalue weighted by atomic mass is 16.5. The lowest BCUT2D eigenvalue weighted by molar-refractivity contribution is -0.0842. The van der Waals surface area contributed by atoms with Gasteiger partial charge in [0.2, 0.25) is 0 Å². The van der Waals surface area contributed by atoms with Crippen LogP contribution in [0.1, 0.15) is 57.8 Å². The number of hydrogen-bond acceptors (Lipinski definition) is 2. The fourth-order valence-electron chi connectivity index (χ4n) is 3.46. The molecule has 0 aromatic heterocycles. The molecule has 2 heteroatoms. The van der Waals surface area contributed by atoms with Crippen LogP contribution in [0.5, 0.6) is 0 Å². The fraction of sp³-hybridized carbons (Fsp3) is 1.00. The van der Waals surface area contributed by atoms with Crippen molar-refractivity contribution in [3.05, 3.63) is 0 Å². The molecule has 16 heavy (non-hydrogen) atoms. The number of methoxy groups -OCH3 is 1. The Balaban J connectivity index is 1.79. The van der Waals surface area contributed by atoms with Gasteiger partial charge in [-0.15, -0.1) is 0 Å². The highest BCUT2D eigenvalue weighted by Crippen LogP contribution is 2.40. The minimum absolute atomic E-state index is 0.228. The minimum atomic E-state index is 0.228. The normalized spacial score (nSPS) is 26.6. The zero-order valence-electron chi connectivity index (χ0n) is 10.9. The molecule has 1 N–H and O–H groups in total. The monoisotopic (exact) mass is 225 g/mol. The predicted molar refractivity (Wildman–Crippen MR) is 67.6 cm³/mol. The second kappa shape index (κ2) is 5.50. The van der Waals surface area contributed by atoms with Crippen molar-refractivity contribution in [3.8, 4) is 0 Å². The van der Waals surface area contributed by atoms with E-state index in [-0.39, 0.29) is 5.60 Å². The van der Waals surface area contributed by atoms with Crippen molar-refractivity contribution in [2.75, 3.05) is 14.2 Å². The van der Waals surface area contributed by atoms with E-state index in [2.05, 4.69) is 12.4 Å². The van der Waals surface area contributed by atoms with Crippen molar-refractivity contribution in [1.29, 1.82) is 0 Å². The van der Waals surface area contributed by atoms with Crippen molar-refractivity contribution in [2.45, 2.75) is 69.4 Å². The van der Waals surface area contributed by atoms with Crippen LogP contribution < -0.4 is 5.32 Å². The lowest BCUT2D eigenvalue weighted by atomic mass is 9.74. The molecule has 0 aromatic carbocycles. The third kappa shape index (κ3) is 2.78. The standard InChI is InChI=1S/C14H27NO/c1-15-13(10-12-6-3-4-7-12)11-14(16-2)8-5-9-14/h12-13,15H,3-11H2,1-2H3. The van der Waals surface area contributed by atoms with Gasteiger partial charge >= 0.3 is 0 Å². The second-order valence-electron chi connectivity index (χ2n) is 5.82. The van der Waals surface area contributed by atoms with E-state index in [4.69, 9.17) is 4.74 Å². The molecule has 1 atom stereocenters. The lowest BCUT2D eigenvalue weighted by Crippen LogP contribution is -2.45. The summed E-state index contributed by atoms with van der Waals surface area (Å²) in [7, 11) is 4.00. The molecule has 94 valence electrons. The molecule has 0 heterocycles. The number of nitrogens with one attached hydrogen (secondary N) is 1. The Morgan fingerprint density at radius 1 is 1.25 bits per heavy atom. The molecule has 2 aliphatic carbocycles. The van der Waals surface area contributed by atoms with Crippen LogP contribution in [0.4, 0.5) is 0 Å². The van der Waals surface area contributed by atoms with Crippen LogP contribution >= 0.6 is 0 Å². The largest absolute Gasteiger partial charge is 0.378 e. The lowest BCUT2D eigenvalue weighted by Gasteiger charge is -2.43. The van der Waals surface area contributed by atoms with Gasteiger partial charge in [-0.2, -0.15) is 0 Å². The first-order chi connectivity index (χ1) is 7.78. The first-order valence-electron chi connectivity index (χ1n) is 7.00. The molecule has 0 radical (unpaired) electrons. The van der Waals surface area contributed by atoms with Gasteiger partial charge in [0, 0.05) is 13.2 Å². The molecule has 1 unspecified atom stereocenters. The van der Waals surface area contributed by atoms with Gasteiger partial charge in [0.25, 0.3) is 0 Å². The quantitative estimate of drug-likeness (QED) is 0.750. The van der Waals surface area contributed by atoms with Crippen LogP contribution in [0.3, 0.4) is 0 Å². The molecule has 2 fully saturated rings. The Morgan fingerprint density at radius 2 is 1.94 bits per heavy atom. The zero-order valence-corrected chi connectivity index (χ0v) is 10.9. The summed E-state index contributed by atoms with van der Waals surface area (Å²) in [6.45, 7) is 0. The zero-order chi connectivity index (χ0) is 11.4. The van der Waals surface area contributed by atoms with Crippen molar-refractivity contribution in [1.82, 2.24) is 5.32 Å². The van der Waals surface area contributed by atoms with E-state index < -0.39 is 0 Å². The minimum Gasteiger partial charge on any atom is -0.378 e. The molecule has 2 saturated carbocycles. The first-order valence-corrected chi connectivity index (χ1v) is 7.00. The molecule has 0 aromatic rings. The van der Waals surface area contributed by atoms with Gasteiger partial charge in [-0.1, -0.05) is 25.7 Å². The van der Waals surface area contributed by atoms with Gasteiger partial charge in [0.15, 0.2) is 0 Å². The summed E-state index contributed by atoms with van der Waals surface area (Å²) in [6.07, 6.45) is 12.3. The van der Waals surface area contributed by atoms with E-state index >= 15 is 0 Å². The first kappa shape index (κ1) is 12.4. The Morgan fingerprint density at radius 3 is 2.38 bits per heavy atom. The number of hydrogen-bond donors (Lipinski definition) is 1. The second-order valence-corrected chi connectivity index (χ2v) is 5.82. The molecule has 0 bridgehead atoms. The van der Waals surface area contributed by atoms with E-state index in [1.54, 1.807) is 0 Å². The Hall–Kier alpha value is -0.0800. The Labute approximate surface area is 100 Å². The van der Waals surface area contributed by atoms with Crippen molar-refractivity contribution < 1.29 is 4.74 Å². The van der Waals surface area contributed by atoms with Crippen molar-refractivity contribution in [2.24, 2.45) is 5.92 Å². The summed E-state index contributed by atoms with van der Waals surface area (Å²) < 4.78 is 5.73.